The number of allylic oxidation sites excluding steroid dienone is 13. The number of hydrogen-bond donors (Lipinski definition) is 0. The van der Waals surface area contributed by atoms with Crippen LogP contribution in [0.15, 0.2) is 345 Å². The van der Waals surface area contributed by atoms with Gasteiger partial charge in [0.1, 0.15) is 0 Å². The van der Waals surface area contributed by atoms with E-state index >= 15 is 0 Å². The van der Waals surface area contributed by atoms with Crippen LogP contribution >= 0.6 is 0 Å². The first kappa shape index (κ1) is 54.2. The summed E-state index contributed by atoms with van der Waals surface area (Å²) in [6.07, 6.45) is 28.0. The first-order chi connectivity index (χ1) is 41.5. The Labute approximate surface area is 497 Å². The molecule has 10 aromatic rings. The summed E-state index contributed by atoms with van der Waals surface area (Å²) in [5.74, 6) is 0. The lowest BCUT2D eigenvalue weighted by molar-refractivity contribution is 0.720. The van der Waals surface area contributed by atoms with Crippen LogP contribution in [-0.4, -0.2) is 0 Å². The van der Waals surface area contributed by atoms with Crippen molar-refractivity contribution in [3.8, 4) is 11.1 Å². The molecule has 1 atom stereocenters. The Morgan fingerprint density at radius 3 is 1.21 bits per heavy atom. The third kappa shape index (κ3) is 11.3. The standard InChI is InChI=1S/C84H66/c1-4-28-66(29-5-2)78(69-35-17-8-18-36-69)56-64-49-52-75-76-53-50-65(57-80(72-41-23-11-24-42-72)73-43-25-12-26-44-73)60-83(76)84(82(75)59-64,74-45-27-30-62(48-51-74)54-77(67-31-13-6-14-32-67)68-33-15-7-16-34-68)81-58-63(47-46-61(81)3)55-79(70-37-19-9-20-38-70)71-39-21-10-22-40-71/h4-50,52-60H,1,51H2,2-3H3/b29-5-,66-28+,78-56+. The van der Waals surface area contributed by atoms with E-state index in [1.165, 1.54) is 89.1 Å². The molecule has 0 amide bonds. The Bertz CT molecular complexity index is 4150. The van der Waals surface area contributed by atoms with E-state index in [1.807, 2.05) is 6.08 Å². The van der Waals surface area contributed by atoms with Crippen molar-refractivity contribution in [2.75, 3.05) is 0 Å². The van der Waals surface area contributed by atoms with Gasteiger partial charge in [0, 0.05) is 0 Å². The van der Waals surface area contributed by atoms with Crippen LogP contribution in [0.1, 0.15) is 91.2 Å². The fraction of sp³-hybridized carbons (Fsp3) is 0.0476. The largest absolute Gasteiger partial charge is 0.0990 e. The molecule has 0 fully saturated rings. The molecule has 0 heteroatoms. The molecule has 84 heavy (non-hydrogen) atoms. The lowest BCUT2D eigenvalue weighted by atomic mass is 9.64. The molecule has 0 aromatic heterocycles. The van der Waals surface area contributed by atoms with Crippen LogP contribution in [0.25, 0.3) is 51.6 Å². The van der Waals surface area contributed by atoms with Crippen molar-refractivity contribution in [1.29, 1.82) is 0 Å². The van der Waals surface area contributed by atoms with Crippen LogP contribution in [0.2, 0.25) is 0 Å². The van der Waals surface area contributed by atoms with E-state index in [1.54, 1.807) is 0 Å². The first-order valence-electron chi connectivity index (χ1n) is 29.2. The maximum absolute atomic E-state index is 4.16. The Balaban J connectivity index is 1.15. The number of rotatable bonds is 16. The Kier molecular flexibility index (Phi) is 16.2. The molecule has 0 nitrogen and oxygen atoms in total. The molecule has 0 saturated carbocycles. The molecular formula is C84H66. The molecular weight excluding hydrogens is 1010 g/mol. The van der Waals surface area contributed by atoms with Crippen LogP contribution in [0, 0.1) is 6.92 Å². The second-order valence-corrected chi connectivity index (χ2v) is 21.5. The lowest BCUT2D eigenvalue weighted by Crippen LogP contribution is -2.31. The summed E-state index contributed by atoms with van der Waals surface area (Å²) in [6, 6.07) is 97.1. The maximum Gasteiger partial charge on any atom is 0.0682 e. The summed E-state index contributed by atoms with van der Waals surface area (Å²) >= 11 is 0. The van der Waals surface area contributed by atoms with Gasteiger partial charge < -0.3 is 0 Å². The second kappa shape index (κ2) is 25.2. The minimum atomic E-state index is -0.774. The van der Waals surface area contributed by atoms with E-state index in [2.05, 4.69) is 354 Å². The van der Waals surface area contributed by atoms with E-state index in [0.29, 0.717) is 6.42 Å². The molecule has 10 aromatic carbocycles. The Hall–Kier alpha value is -10.4. The van der Waals surface area contributed by atoms with Gasteiger partial charge in [0.15, 0.2) is 0 Å². The molecule has 0 radical (unpaired) electrons. The first-order valence-corrected chi connectivity index (χ1v) is 29.2. The Morgan fingerprint density at radius 1 is 0.417 bits per heavy atom. The van der Waals surface area contributed by atoms with Crippen molar-refractivity contribution in [3.05, 3.63) is 423 Å². The van der Waals surface area contributed by atoms with Gasteiger partial charge >= 0.3 is 0 Å². The zero-order valence-corrected chi connectivity index (χ0v) is 47.7. The van der Waals surface area contributed by atoms with Crippen LogP contribution in [0.4, 0.5) is 0 Å². The highest BCUT2D eigenvalue weighted by molar-refractivity contribution is 5.97. The van der Waals surface area contributed by atoms with Gasteiger partial charge in [0.2, 0.25) is 0 Å². The maximum atomic E-state index is 4.16. The van der Waals surface area contributed by atoms with Crippen molar-refractivity contribution >= 4 is 40.5 Å². The highest BCUT2D eigenvalue weighted by atomic mass is 14.5. The van der Waals surface area contributed by atoms with Gasteiger partial charge in [-0.25, -0.2) is 0 Å². The molecule has 1 unspecified atom stereocenters. The third-order valence-corrected chi connectivity index (χ3v) is 16.3. The van der Waals surface area contributed by atoms with E-state index in [0.717, 1.165) is 39.0 Å². The van der Waals surface area contributed by atoms with Crippen LogP contribution in [0.5, 0.6) is 0 Å². The third-order valence-electron chi connectivity index (χ3n) is 16.3. The molecule has 0 N–H and O–H groups in total. The van der Waals surface area contributed by atoms with E-state index in [9.17, 15) is 0 Å². The van der Waals surface area contributed by atoms with Crippen molar-refractivity contribution < 1.29 is 0 Å². The normalized spacial score (nSPS) is 14.5. The van der Waals surface area contributed by atoms with Crippen LogP contribution < -0.4 is 0 Å². The number of hydrogen-bond acceptors (Lipinski definition) is 0. The highest BCUT2D eigenvalue weighted by Crippen LogP contribution is 2.59. The zero-order valence-electron chi connectivity index (χ0n) is 47.7. The average Bonchev–Trinajstić information content (AvgIpc) is 3.06. The van der Waals surface area contributed by atoms with Crippen molar-refractivity contribution in [2.45, 2.75) is 25.7 Å². The van der Waals surface area contributed by atoms with E-state index in [4.69, 9.17) is 0 Å². The molecule has 402 valence electrons. The number of aryl methyl sites for hydroxylation is 1. The summed E-state index contributed by atoms with van der Waals surface area (Å²) in [5.41, 5.74) is 26.4. The van der Waals surface area contributed by atoms with Crippen LogP contribution in [-0.2, 0) is 5.41 Å². The summed E-state index contributed by atoms with van der Waals surface area (Å²) in [6.45, 7) is 8.55. The van der Waals surface area contributed by atoms with Crippen molar-refractivity contribution in [2.24, 2.45) is 0 Å². The zero-order chi connectivity index (χ0) is 57.1. The van der Waals surface area contributed by atoms with Gasteiger partial charge in [-0.2, -0.15) is 0 Å². The summed E-state index contributed by atoms with van der Waals surface area (Å²) in [4.78, 5) is 0. The Morgan fingerprint density at radius 2 is 0.798 bits per heavy atom. The van der Waals surface area contributed by atoms with Crippen molar-refractivity contribution in [3.63, 3.8) is 0 Å². The van der Waals surface area contributed by atoms with Gasteiger partial charge in [-0.1, -0.05) is 304 Å². The molecule has 2 aliphatic rings. The fourth-order valence-corrected chi connectivity index (χ4v) is 12.4. The van der Waals surface area contributed by atoms with Crippen LogP contribution in [0.3, 0.4) is 0 Å². The molecule has 0 spiro atoms. The van der Waals surface area contributed by atoms with Gasteiger partial charge in [-0.15, -0.1) is 0 Å². The molecule has 2 aliphatic carbocycles. The smallest absolute Gasteiger partial charge is 0.0682 e. The van der Waals surface area contributed by atoms with Crippen molar-refractivity contribution in [1.82, 2.24) is 0 Å². The van der Waals surface area contributed by atoms with Gasteiger partial charge in [0.25, 0.3) is 0 Å². The average molecular weight is 1080 g/mol. The summed E-state index contributed by atoms with van der Waals surface area (Å²) in [7, 11) is 0. The quantitative estimate of drug-likeness (QED) is 0.0668. The lowest BCUT2D eigenvalue weighted by Gasteiger charge is -2.37. The number of fused-ring (bicyclic) bond motifs is 3. The molecule has 0 aliphatic heterocycles. The SMILES string of the molecule is C=C/C=C(\C=C/C)C(=C\c1ccc2c(c1)C(C1=CC=CC(C=C(c3ccccc3)c3ccccc3)=CC1)(c1cc(C=C(c3ccccc3)c3ccccc3)ccc1C)c1cc(C=C(c3ccccc3)c3ccccc3)ccc1-2)/c1ccccc1. The molecule has 0 saturated heterocycles. The molecule has 0 heterocycles. The fourth-order valence-electron chi connectivity index (χ4n) is 12.4. The monoisotopic (exact) mass is 1070 g/mol. The predicted molar refractivity (Wildman–Crippen MR) is 360 cm³/mol. The van der Waals surface area contributed by atoms with E-state index in [-0.39, 0.29) is 0 Å². The highest BCUT2D eigenvalue weighted by Gasteiger charge is 2.48. The molecule has 12 rings (SSSR count). The van der Waals surface area contributed by atoms with E-state index < -0.39 is 5.41 Å². The second-order valence-electron chi connectivity index (χ2n) is 21.5. The molecule has 0 bridgehead atoms. The van der Waals surface area contributed by atoms with Gasteiger partial charge in [0.05, 0.1) is 5.41 Å². The number of benzene rings is 10. The van der Waals surface area contributed by atoms with Gasteiger partial charge in [-0.05, 0) is 191 Å². The summed E-state index contributed by atoms with van der Waals surface area (Å²) < 4.78 is 0. The summed E-state index contributed by atoms with van der Waals surface area (Å²) in [5, 5.41) is 0. The van der Waals surface area contributed by atoms with Gasteiger partial charge in [-0.3, -0.25) is 0 Å². The minimum Gasteiger partial charge on any atom is -0.0990 e. The minimum absolute atomic E-state index is 0.690. The topological polar surface area (TPSA) is 0 Å². The predicted octanol–water partition coefficient (Wildman–Crippen LogP) is 21.7.